The van der Waals surface area contributed by atoms with Gasteiger partial charge in [0.2, 0.25) is 0 Å². The maximum absolute atomic E-state index is 5.31. The van der Waals surface area contributed by atoms with E-state index in [1.165, 1.54) is 5.69 Å². The van der Waals surface area contributed by atoms with Crippen LogP contribution in [0.15, 0.2) is 30.3 Å². The Bertz CT molecular complexity index is 283. The van der Waals surface area contributed by atoms with E-state index in [-0.39, 0.29) is 0 Å². The average Bonchev–Trinajstić information content (AvgIpc) is 2.83. The highest BCUT2D eigenvalue weighted by Gasteiger charge is 2.13. The van der Waals surface area contributed by atoms with E-state index in [0.29, 0.717) is 6.04 Å². The second-order valence-corrected chi connectivity index (χ2v) is 4.16. The van der Waals surface area contributed by atoms with Gasteiger partial charge < -0.3 is 15.4 Å². The lowest BCUT2D eigenvalue weighted by Gasteiger charge is -2.10. The van der Waals surface area contributed by atoms with E-state index < -0.39 is 0 Å². The van der Waals surface area contributed by atoms with Crippen LogP contribution in [0.3, 0.4) is 0 Å². The van der Waals surface area contributed by atoms with Crippen LogP contribution in [0.5, 0.6) is 0 Å². The normalized spacial score (nSPS) is 19.9. The molecular weight excluding hydrogens is 200 g/mol. The van der Waals surface area contributed by atoms with Gasteiger partial charge in [-0.2, -0.15) is 0 Å². The van der Waals surface area contributed by atoms with Gasteiger partial charge in [-0.3, -0.25) is 0 Å². The molecule has 1 fully saturated rings. The largest absolute Gasteiger partial charge is 0.385 e. The molecule has 0 amide bonds. The van der Waals surface area contributed by atoms with Gasteiger partial charge in [0.15, 0.2) is 0 Å². The molecule has 1 aliphatic rings. The van der Waals surface area contributed by atoms with Gasteiger partial charge in [0, 0.05) is 24.9 Å². The Kier molecular flexibility index (Phi) is 4.65. The van der Waals surface area contributed by atoms with Crippen molar-refractivity contribution in [2.24, 2.45) is 0 Å². The summed E-state index contributed by atoms with van der Waals surface area (Å²) >= 11 is 0. The molecule has 1 heterocycles. The van der Waals surface area contributed by atoms with Crippen molar-refractivity contribution in [2.45, 2.75) is 18.9 Å². The maximum atomic E-state index is 5.31. The molecule has 0 aromatic heterocycles. The first kappa shape index (κ1) is 11.4. The highest BCUT2D eigenvalue weighted by atomic mass is 16.5. The number of ether oxygens (including phenoxy) is 1. The van der Waals surface area contributed by atoms with E-state index in [9.17, 15) is 0 Å². The van der Waals surface area contributed by atoms with Gasteiger partial charge in [0.1, 0.15) is 0 Å². The minimum absolute atomic E-state index is 0.580. The summed E-state index contributed by atoms with van der Waals surface area (Å²) in [6, 6.07) is 10.9. The predicted octanol–water partition coefficient (Wildman–Crippen LogP) is 1.87. The van der Waals surface area contributed by atoms with Gasteiger partial charge in [-0.25, -0.2) is 0 Å². The van der Waals surface area contributed by atoms with Crippen LogP contribution in [-0.2, 0) is 4.74 Å². The lowest BCUT2D eigenvalue weighted by Crippen LogP contribution is -2.30. The van der Waals surface area contributed by atoms with Crippen LogP contribution in [0.4, 0.5) is 5.69 Å². The zero-order chi connectivity index (χ0) is 11.1. The standard InChI is InChI=1S/C13H20N2O/c1-2-5-12(6-3-1)14-8-4-9-15-13-7-10-16-11-13/h1-3,5-6,13-15H,4,7-11H2. The molecule has 0 bridgehead atoms. The Balaban J connectivity index is 1.52. The third-order valence-electron chi connectivity index (χ3n) is 2.82. The second kappa shape index (κ2) is 6.51. The summed E-state index contributed by atoms with van der Waals surface area (Å²) in [5, 5.41) is 6.90. The Hall–Kier alpha value is -1.06. The number of anilines is 1. The van der Waals surface area contributed by atoms with E-state index in [2.05, 4.69) is 34.9 Å². The minimum Gasteiger partial charge on any atom is -0.385 e. The van der Waals surface area contributed by atoms with Gasteiger partial charge in [0.25, 0.3) is 0 Å². The van der Waals surface area contributed by atoms with Crippen molar-refractivity contribution in [3.63, 3.8) is 0 Å². The third kappa shape index (κ3) is 3.83. The molecule has 1 aromatic carbocycles. The molecule has 0 saturated carbocycles. The number of benzene rings is 1. The number of nitrogens with one attached hydrogen (secondary N) is 2. The Morgan fingerprint density at radius 3 is 2.81 bits per heavy atom. The first-order valence-corrected chi connectivity index (χ1v) is 6.05. The maximum Gasteiger partial charge on any atom is 0.0620 e. The van der Waals surface area contributed by atoms with Crippen LogP contribution in [0, 0.1) is 0 Å². The fourth-order valence-corrected chi connectivity index (χ4v) is 1.88. The smallest absolute Gasteiger partial charge is 0.0620 e. The molecule has 2 N–H and O–H groups in total. The monoisotopic (exact) mass is 220 g/mol. The summed E-state index contributed by atoms with van der Waals surface area (Å²) in [6.45, 7) is 3.88. The summed E-state index contributed by atoms with van der Waals surface area (Å²) < 4.78 is 5.31. The van der Waals surface area contributed by atoms with Gasteiger partial charge in [-0.15, -0.1) is 0 Å². The highest BCUT2D eigenvalue weighted by Crippen LogP contribution is 2.05. The fourth-order valence-electron chi connectivity index (χ4n) is 1.88. The molecule has 1 aromatic rings. The van der Waals surface area contributed by atoms with Crippen molar-refractivity contribution >= 4 is 5.69 Å². The van der Waals surface area contributed by atoms with E-state index in [1.54, 1.807) is 0 Å². The minimum atomic E-state index is 0.580. The van der Waals surface area contributed by atoms with E-state index in [4.69, 9.17) is 4.74 Å². The molecule has 0 spiro atoms. The van der Waals surface area contributed by atoms with Gasteiger partial charge in [-0.05, 0) is 31.5 Å². The molecule has 2 rings (SSSR count). The quantitative estimate of drug-likeness (QED) is 0.718. The summed E-state index contributed by atoms with van der Waals surface area (Å²) in [4.78, 5) is 0. The predicted molar refractivity (Wildman–Crippen MR) is 66.8 cm³/mol. The molecule has 1 aliphatic heterocycles. The summed E-state index contributed by atoms with van der Waals surface area (Å²) in [6.07, 6.45) is 2.30. The van der Waals surface area contributed by atoms with Crippen LogP contribution in [0.1, 0.15) is 12.8 Å². The summed E-state index contributed by atoms with van der Waals surface area (Å²) in [7, 11) is 0. The molecule has 16 heavy (non-hydrogen) atoms. The Labute approximate surface area is 97.2 Å². The first-order chi connectivity index (χ1) is 7.95. The van der Waals surface area contributed by atoms with Crippen molar-refractivity contribution in [1.29, 1.82) is 0 Å². The topological polar surface area (TPSA) is 33.3 Å². The molecule has 88 valence electrons. The molecule has 3 heteroatoms. The SMILES string of the molecule is c1ccc(NCCCNC2CCOC2)cc1. The molecular formula is C13H20N2O. The van der Waals surface area contributed by atoms with E-state index in [1.807, 2.05) is 6.07 Å². The lowest BCUT2D eigenvalue weighted by molar-refractivity contribution is 0.190. The molecule has 1 atom stereocenters. The van der Waals surface area contributed by atoms with Gasteiger partial charge in [-0.1, -0.05) is 18.2 Å². The summed E-state index contributed by atoms with van der Waals surface area (Å²) in [5.74, 6) is 0. The second-order valence-electron chi connectivity index (χ2n) is 4.16. The Morgan fingerprint density at radius 1 is 1.19 bits per heavy atom. The van der Waals surface area contributed by atoms with Crippen molar-refractivity contribution in [3.8, 4) is 0 Å². The van der Waals surface area contributed by atoms with Crippen molar-refractivity contribution in [2.75, 3.05) is 31.6 Å². The molecule has 1 unspecified atom stereocenters. The van der Waals surface area contributed by atoms with Crippen molar-refractivity contribution < 1.29 is 4.74 Å². The van der Waals surface area contributed by atoms with Crippen LogP contribution in [-0.4, -0.2) is 32.3 Å². The summed E-state index contributed by atoms with van der Waals surface area (Å²) in [5.41, 5.74) is 1.20. The van der Waals surface area contributed by atoms with Gasteiger partial charge >= 0.3 is 0 Å². The van der Waals surface area contributed by atoms with Crippen LogP contribution < -0.4 is 10.6 Å². The van der Waals surface area contributed by atoms with Gasteiger partial charge in [0.05, 0.1) is 6.61 Å². The zero-order valence-electron chi connectivity index (χ0n) is 9.61. The number of hydrogen-bond donors (Lipinski definition) is 2. The van der Waals surface area contributed by atoms with Crippen LogP contribution in [0.2, 0.25) is 0 Å². The highest BCUT2D eigenvalue weighted by molar-refractivity contribution is 5.42. The third-order valence-corrected chi connectivity index (χ3v) is 2.82. The molecule has 0 radical (unpaired) electrons. The van der Waals surface area contributed by atoms with Crippen LogP contribution in [0.25, 0.3) is 0 Å². The lowest BCUT2D eigenvalue weighted by atomic mass is 10.2. The van der Waals surface area contributed by atoms with E-state index >= 15 is 0 Å². The number of hydrogen-bond acceptors (Lipinski definition) is 3. The molecule has 0 aliphatic carbocycles. The molecule has 3 nitrogen and oxygen atoms in total. The number of rotatable bonds is 6. The molecule has 1 saturated heterocycles. The zero-order valence-corrected chi connectivity index (χ0v) is 9.61. The first-order valence-electron chi connectivity index (χ1n) is 6.05. The fraction of sp³-hybridized carbons (Fsp3) is 0.538. The van der Waals surface area contributed by atoms with Crippen LogP contribution >= 0.6 is 0 Å². The average molecular weight is 220 g/mol. The van der Waals surface area contributed by atoms with E-state index in [0.717, 1.165) is 39.1 Å². The number of para-hydroxylation sites is 1. The Morgan fingerprint density at radius 2 is 2.06 bits per heavy atom. The van der Waals surface area contributed by atoms with Crippen molar-refractivity contribution in [3.05, 3.63) is 30.3 Å². The van der Waals surface area contributed by atoms with Crippen molar-refractivity contribution in [1.82, 2.24) is 5.32 Å².